The summed E-state index contributed by atoms with van der Waals surface area (Å²) in [6, 6.07) is 10.4. The van der Waals surface area contributed by atoms with Gasteiger partial charge in [0.2, 0.25) is 4.96 Å². The quantitative estimate of drug-likeness (QED) is 0.274. The van der Waals surface area contributed by atoms with Crippen molar-refractivity contribution in [3.05, 3.63) is 64.2 Å². The second-order valence-corrected chi connectivity index (χ2v) is 10.8. The molecule has 0 amide bonds. The molecule has 6 aromatic rings. The molecule has 36 heavy (non-hydrogen) atoms. The summed E-state index contributed by atoms with van der Waals surface area (Å²) in [6.45, 7) is 2.22. The lowest BCUT2D eigenvalue weighted by Gasteiger charge is -2.07. The molecule has 0 aliphatic carbocycles. The van der Waals surface area contributed by atoms with Gasteiger partial charge in [0.1, 0.15) is 38.8 Å². The number of rotatable bonds is 7. The number of methoxy groups -OCH3 is 1. The average molecular weight is 536 g/mol. The second-order valence-electron chi connectivity index (χ2n) is 7.78. The van der Waals surface area contributed by atoms with Gasteiger partial charge in [-0.15, -0.1) is 22.7 Å². The molecule has 0 aliphatic heterocycles. The Morgan fingerprint density at radius 1 is 1.08 bits per heavy atom. The molecule has 4 aromatic heterocycles. The largest absolute Gasteiger partial charge is 0.497 e. The number of aromatic nitrogens is 5. The Hall–Kier alpha value is -3.87. The Labute approximate surface area is 216 Å². The van der Waals surface area contributed by atoms with Gasteiger partial charge >= 0.3 is 5.97 Å². The summed E-state index contributed by atoms with van der Waals surface area (Å²) in [6.07, 6.45) is 1.88. The standard InChI is InChI=1S/C24H17N5O4S3/c1-12-28-29-9-18(27-24(29)35-12)22-26-17-7-16(32-2)8-19(20(17)36-22)33-10-15-11-34-21(25-15)13-3-5-14(6-4-13)23(30)31/h3-9,11H,10H2,1-2H3,(H,30,31). The first kappa shape index (κ1) is 22.6. The topological polar surface area (TPSA) is 112 Å². The number of thiazole rings is 2. The van der Waals surface area contributed by atoms with Crippen molar-refractivity contribution >= 4 is 55.2 Å². The molecule has 0 unspecified atom stereocenters. The Kier molecular flexibility index (Phi) is 5.63. The minimum Gasteiger partial charge on any atom is -0.497 e. The molecular formula is C24H17N5O4S3. The summed E-state index contributed by atoms with van der Waals surface area (Å²) < 4.78 is 14.3. The maximum atomic E-state index is 11.1. The molecule has 2 aromatic carbocycles. The molecule has 0 atom stereocenters. The number of carbonyl (C=O) groups is 1. The highest BCUT2D eigenvalue weighted by Gasteiger charge is 2.17. The predicted octanol–water partition coefficient (Wildman–Crippen LogP) is 5.79. The van der Waals surface area contributed by atoms with Crippen molar-refractivity contribution in [2.45, 2.75) is 13.5 Å². The zero-order chi connectivity index (χ0) is 24.8. The first-order valence-corrected chi connectivity index (χ1v) is 13.2. The highest BCUT2D eigenvalue weighted by Crippen LogP contribution is 2.39. The lowest BCUT2D eigenvalue weighted by molar-refractivity contribution is 0.0697. The van der Waals surface area contributed by atoms with Gasteiger partial charge in [-0.25, -0.2) is 24.3 Å². The first-order valence-electron chi connectivity index (χ1n) is 10.7. The van der Waals surface area contributed by atoms with Crippen molar-refractivity contribution in [1.29, 1.82) is 0 Å². The second kappa shape index (κ2) is 8.97. The summed E-state index contributed by atoms with van der Waals surface area (Å²) in [5.74, 6) is 0.350. The van der Waals surface area contributed by atoms with Gasteiger partial charge in [-0.05, 0) is 19.1 Å². The van der Waals surface area contributed by atoms with E-state index >= 15 is 0 Å². The van der Waals surface area contributed by atoms with Crippen LogP contribution >= 0.6 is 34.0 Å². The van der Waals surface area contributed by atoms with Gasteiger partial charge in [0.15, 0.2) is 0 Å². The number of fused-ring (bicyclic) bond motifs is 2. The fraction of sp³-hybridized carbons (Fsp3) is 0.125. The summed E-state index contributed by atoms with van der Waals surface area (Å²) in [7, 11) is 1.61. The fourth-order valence-electron chi connectivity index (χ4n) is 3.63. The predicted molar refractivity (Wildman–Crippen MR) is 140 cm³/mol. The fourth-order valence-corrected chi connectivity index (χ4v) is 6.13. The van der Waals surface area contributed by atoms with Crippen molar-refractivity contribution in [3.63, 3.8) is 0 Å². The Morgan fingerprint density at radius 2 is 1.92 bits per heavy atom. The van der Waals surface area contributed by atoms with E-state index in [1.54, 1.807) is 35.9 Å². The van der Waals surface area contributed by atoms with Crippen LogP contribution in [0.5, 0.6) is 11.5 Å². The number of imidazole rings is 1. The van der Waals surface area contributed by atoms with Crippen LogP contribution in [0.25, 0.3) is 36.5 Å². The van der Waals surface area contributed by atoms with Gasteiger partial charge in [-0.2, -0.15) is 5.10 Å². The first-order chi connectivity index (χ1) is 17.5. The van der Waals surface area contributed by atoms with Gasteiger partial charge in [0, 0.05) is 23.1 Å². The molecule has 4 heterocycles. The van der Waals surface area contributed by atoms with Gasteiger partial charge in [0.25, 0.3) is 0 Å². The van der Waals surface area contributed by atoms with E-state index in [0.29, 0.717) is 11.5 Å². The van der Waals surface area contributed by atoms with Crippen molar-refractivity contribution in [2.24, 2.45) is 0 Å². The monoisotopic (exact) mass is 535 g/mol. The number of ether oxygens (including phenoxy) is 2. The Balaban J connectivity index is 1.26. The van der Waals surface area contributed by atoms with Crippen molar-refractivity contribution in [1.82, 2.24) is 24.6 Å². The van der Waals surface area contributed by atoms with Crippen LogP contribution in [0.4, 0.5) is 0 Å². The Morgan fingerprint density at radius 3 is 2.67 bits per heavy atom. The number of carboxylic acid groups (broad SMARTS) is 1. The maximum absolute atomic E-state index is 11.1. The van der Waals surface area contributed by atoms with E-state index in [2.05, 4.69) is 15.1 Å². The van der Waals surface area contributed by atoms with E-state index in [1.807, 2.05) is 30.6 Å². The number of carboxylic acids is 1. The Bertz CT molecular complexity index is 1700. The van der Waals surface area contributed by atoms with Gasteiger partial charge in [0.05, 0.1) is 34.8 Å². The maximum Gasteiger partial charge on any atom is 0.335 e. The number of hydrogen-bond acceptors (Lipinski definition) is 10. The third-order valence-corrected chi connectivity index (χ3v) is 8.22. The lowest BCUT2D eigenvalue weighted by Crippen LogP contribution is -1.97. The molecule has 0 aliphatic rings. The van der Waals surface area contributed by atoms with E-state index in [9.17, 15) is 4.79 Å². The van der Waals surface area contributed by atoms with Gasteiger partial charge in [-0.1, -0.05) is 23.5 Å². The van der Waals surface area contributed by atoms with Crippen LogP contribution in [0.1, 0.15) is 21.1 Å². The summed E-state index contributed by atoms with van der Waals surface area (Å²) in [5.41, 5.74) is 3.40. The van der Waals surface area contributed by atoms with Crippen LogP contribution in [-0.2, 0) is 6.61 Å². The molecule has 1 N–H and O–H groups in total. The number of aromatic carboxylic acids is 1. The van der Waals surface area contributed by atoms with E-state index in [-0.39, 0.29) is 12.2 Å². The highest BCUT2D eigenvalue weighted by molar-refractivity contribution is 7.22. The summed E-state index contributed by atoms with van der Waals surface area (Å²) in [4.78, 5) is 26.0. The van der Waals surface area contributed by atoms with Crippen molar-refractivity contribution in [3.8, 4) is 32.8 Å². The minimum absolute atomic E-state index is 0.242. The van der Waals surface area contributed by atoms with Crippen LogP contribution in [-0.4, -0.2) is 42.8 Å². The smallest absolute Gasteiger partial charge is 0.335 e. The molecule has 0 fully saturated rings. The van der Waals surface area contributed by atoms with Crippen LogP contribution < -0.4 is 9.47 Å². The lowest BCUT2D eigenvalue weighted by atomic mass is 10.1. The van der Waals surface area contributed by atoms with E-state index < -0.39 is 5.97 Å². The normalized spacial score (nSPS) is 11.4. The van der Waals surface area contributed by atoms with Crippen LogP contribution in [0.2, 0.25) is 0 Å². The molecule has 0 spiro atoms. The van der Waals surface area contributed by atoms with Crippen LogP contribution in [0.15, 0.2) is 48.0 Å². The minimum atomic E-state index is -0.954. The molecule has 12 heteroatoms. The summed E-state index contributed by atoms with van der Waals surface area (Å²) in [5, 5.41) is 18.0. The highest BCUT2D eigenvalue weighted by atomic mass is 32.1. The van der Waals surface area contributed by atoms with E-state index in [4.69, 9.17) is 19.6 Å². The number of hydrogen-bond donors (Lipinski definition) is 1. The van der Waals surface area contributed by atoms with Crippen molar-refractivity contribution in [2.75, 3.05) is 7.11 Å². The number of benzene rings is 2. The zero-order valence-corrected chi connectivity index (χ0v) is 21.4. The molecule has 0 radical (unpaired) electrons. The van der Waals surface area contributed by atoms with Gasteiger partial charge < -0.3 is 14.6 Å². The third kappa shape index (κ3) is 4.19. The van der Waals surface area contributed by atoms with E-state index in [1.165, 1.54) is 34.0 Å². The van der Waals surface area contributed by atoms with Crippen molar-refractivity contribution < 1.29 is 19.4 Å². The average Bonchev–Trinajstić information content (AvgIpc) is 3.65. The van der Waals surface area contributed by atoms with Crippen LogP contribution in [0.3, 0.4) is 0 Å². The number of nitrogens with zero attached hydrogens (tertiary/aromatic N) is 5. The van der Waals surface area contributed by atoms with Gasteiger partial charge in [-0.3, -0.25) is 0 Å². The summed E-state index contributed by atoms with van der Waals surface area (Å²) >= 11 is 4.52. The molecular weight excluding hydrogens is 518 g/mol. The molecule has 180 valence electrons. The molecule has 9 nitrogen and oxygen atoms in total. The van der Waals surface area contributed by atoms with Crippen LogP contribution in [0, 0.1) is 6.92 Å². The third-order valence-electron chi connectivity index (χ3n) is 5.33. The molecule has 0 saturated carbocycles. The SMILES string of the molecule is COc1cc(OCc2csc(-c3ccc(C(=O)O)cc3)n2)c2sc(-c3cn4nc(C)sc4n3)nc2c1. The number of aryl methyl sites for hydroxylation is 1. The molecule has 0 bridgehead atoms. The molecule has 6 rings (SSSR count). The van der Waals surface area contributed by atoms with E-state index in [0.717, 1.165) is 47.2 Å². The zero-order valence-electron chi connectivity index (χ0n) is 19.0. The molecule has 0 saturated heterocycles.